The molecule has 0 spiro atoms. The van der Waals surface area contributed by atoms with Gasteiger partial charge in [0.05, 0.1) is 18.1 Å². The van der Waals surface area contributed by atoms with Gasteiger partial charge in [0.2, 0.25) is 5.91 Å². The summed E-state index contributed by atoms with van der Waals surface area (Å²) in [5.74, 6) is -0.140. The van der Waals surface area contributed by atoms with E-state index in [-0.39, 0.29) is 18.0 Å². The van der Waals surface area contributed by atoms with Gasteiger partial charge in [-0.2, -0.15) is 5.26 Å². The molecule has 0 saturated carbocycles. The number of aryl methyl sites for hydroxylation is 1. The van der Waals surface area contributed by atoms with Crippen molar-refractivity contribution in [2.45, 2.75) is 25.1 Å². The third-order valence-corrected chi connectivity index (χ3v) is 6.87. The Hall–Kier alpha value is -3.28. The lowest BCUT2D eigenvalue weighted by atomic mass is 10.1. The first-order valence-electron chi connectivity index (χ1n) is 10.2. The van der Waals surface area contributed by atoms with Crippen LogP contribution in [0.25, 0.3) is 0 Å². The van der Waals surface area contributed by atoms with Crippen LogP contribution in [0.5, 0.6) is 0 Å². The van der Waals surface area contributed by atoms with Crippen molar-refractivity contribution in [3.05, 3.63) is 98.9 Å². The second-order valence-corrected chi connectivity index (χ2v) is 9.61. The number of nitrogens with zero attached hydrogens (tertiary/aromatic N) is 2. The SMILES string of the molecule is Cc1ccc(N2C(=O)[C@H](Cc3cccc(Br)c3)S/C2=C(\C#N)C(=O)NCc2ccco2)cc1. The predicted molar refractivity (Wildman–Crippen MR) is 131 cm³/mol. The van der Waals surface area contributed by atoms with Crippen LogP contribution < -0.4 is 10.2 Å². The van der Waals surface area contributed by atoms with Gasteiger partial charge >= 0.3 is 0 Å². The van der Waals surface area contributed by atoms with Crippen LogP contribution in [0.2, 0.25) is 0 Å². The standard InChI is InChI=1S/C25H20BrN3O3S/c1-16-7-9-19(10-8-16)29-24(31)22(13-17-4-2-5-18(26)12-17)33-25(29)21(14-27)23(30)28-15-20-6-3-11-32-20/h2-12,22H,13,15H2,1H3,(H,28,30)/b25-21+/t22-/m0/s1. The molecule has 166 valence electrons. The van der Waals surface area contributed by atoms with E-state index in [1.807, 2.05) is 61.5 Å². The number of carbonyl (C=O) groups excluding carboxylic acids is 2. The van der Waals surface area contributed by atoms with E-state index in [9.17, 15) is 14.9 Å². The van der Waals surface area contributed by atoms with Crippen LogP contribution in [0.3, 0.4) is 0 Å². The third-order valence-electron chi connectivity index (χ3n) is 5.11. The van der Waals surface area contributed by atoms with Gasteiger partial charge in [-0.05, 0) is 55.3 Å². The van der Waals surface area contributed by atoms with Crippen molar-refractivity contribution in [1.82, 2.24) is 5.32 Å². The molecule has 2 amide bonds. The van der Waals surface area contributed by atoms with Crippen molar-refractivity contribution in [3.63, 3.8) is 0 Å². The van der Waals surface area contributed by atoms with E-state index < -0.39 is 11.2 Å². The van der Waals surface area contributed by atoms with Gasteiger partial charge in [0.25, 0.3) is 5.91 Å². The zero-order valence-corrected chi connectivity index (χ0v) is 20.2. The molecule has 0 bridgehead atoms. The Kier molecular flexibility index (Phi) is 7.02. The number of rotatable bonds is 6. The molecular weight excluding hydrogens is 502 g/mol. The van der Waals surface area contributed by atoms with Crippen molar-refractivity contribution in [1.29, 1.82) is 5.26 Å². The highest BCUT2D eigenvalue weighted by molar-refractivity contribution is 9.10. The largest absolute Gasteiger partial charge is 0.467 e. The molecule has 4 rings (SSSR count). The highest BCUT2D eigenvalue weighted by Crippen LogP contribution is 2.42. The summed E-state index contributed by atoms with van der Waals surface area (Å²) in [4.78, 5) is 27.9. The average Bonchev–Trinajstić information content (AvgIpc) is 3.42. The number of anilines is 1. The van der Waals surface area contributed by atoms with Gasteiger partial charge in [-0.25, -0.2) is 0 Å². The second-order valence-electron chi connectivity index (χ2n) is 7.50. The summed E-state index contributed by atoms with van der Waals surface area (Å²) in [5, 5.41) is 12.5. The summed E-state index contributed by atoms with van der Waals surface area (Å²) in [6, 6.07) is 20.7. The van der Waals surface area contributed by atoms with Gasteiger partial charge < -0.3 is 9.73 Å². The maximum Gasteiger partial charge on any atom is 0.265 e. The first kappa shape index (κ1) is 22.9. The quantitative estimate of drug-likeness (QED) is 0.360. The van der Waals surface area contributed by atoms with Gasteiger partial charge in [0, 0.05) is 10.2 Å². The Morgan fingerprint density at radius 1 is 1.21 bits per heavy atom. The van der Waals surface area contributed by atoms with E-state index in [1.165, 1.54) is 22.9 Å². The summed E-state index contributed by atoms with van der Waals surface area (Å²) in [6.45, 7) is 2.11. The molecule has 1 N–H and O–H groups in total. The minimum atomic E-state index is -0.551. The normalized spacial score (nSPS) is 17.1. The molecule has 1 aliphatic rings. The highest BCUT2D eigenvalue weighted by Gasteiger charge is 2.40. The Labute approximate surface area is 204 Å². The lowest BCUT2D eigenvalue weighted by Crippen LogP contribution is -2.32. The fraction of sp³-hybridized carbons (Fsp3) is 0.160. The fourth-order valence-electron chi connectivity index (χ4n) is 3.46. The molecule has 1 aromatic heterocycles. The molecule has 1 fully saturated rings. The van der Waals surface area contributed by atoms with Gasteiger partial charge in [-0.15, -0.1) is 0 Å². The first-order valence-corrected chi connectivity index (χ1v) is 11.9. The van der Waals surface area contributed by atoms with E-state index in [0.717, 1.165) is 15.6 Å². The molecule has 1 aliphatic heterocycles. The van der Waals surface area contributed by atoms with Crippen LogP contribution in [-0.2, 0) is 22.6 Å². The second kappa shape index (κ2) is 10.1. The van der Waals surface area contributed by atoms with Gasteiger partial charge in [-0.3, -0.25) is 14.5 Å². The number of nitriles is 1. The molecule has 0 aliphatic carbocycles. The molecule has 3 aromatic rings. The maximum atomic E-state index is 13.5. The molecule has 6 nitrogen and oxygen atoms in total. The van der Waals surface area contributed by atoms with Crippen molar-refractivity contribution in [3.8, 4) is 6.07 Å². The minimum absolute atomic E-state index is 0.0998. The zero-order valence-electron chi connectivity index (χ0n) is 17.7. The molecule has 1 saturated heterocycles. The molecule has 0 unspecified atom stereocenters. The number of hydrogen-bond acceptors (Lipinski definition) is 5. The molecule has 2 heterocycles. The van der Waals surface area contributed by atoms with Gasteiger partial charge in [-0.1, -0.05) is 57.5 Å². The van der Waals surface area contributed by atoms with E-state index in [1.54, 1.807) is 12.1 Å². The highest BCUT2D eigenvalue weighted by atomic mass is 79.9. The average molecular weight is 522 g/mol. The Morgan fingerprint density at radius 2 is 2.00 bits per heavy atom. The number of carbonyl (C=O) groups is 2. The van der Waals surface area contributed by atoms with Crippen LogP contribution in [0.15, 0.2) is 86.4 Å². The van der Waals surface area contributed by atoms with Crippen molar-refractivity contribution < 1.29 is 14.0 Å². The van der Waals surface area contributed by atoms with E-state index >= 15 is 0 Å². The predicted octanol–water partition coefficient (Wildman–Crippen LogP) is 5.09. The minimum Gasteiger partial charge on any atom is -0.467 e. The summed E-state index contributed by atoms with van der Waals surface area (Å²) in [5.41, 5.74) is 2.56. The Morgan fingerprint density at radius 3 is 2.67 bits per heavy atom. The molecule has 1 atom stereocenters. The number of benzene rings is 2. The first-order chi connectivity index (χ1) is 16.0. The summed E-state index contributed by atoms with van der Waals surface area (Å²) in [7, 11) is 0. The number of hydrogen-bond donors (Lipinski definition) is 1. The Balaban J connectivity index is 1.68. The monoisotopic (exact) mass is 521 g/mol. The third kappa shape index (κ3) is 5.21. The van der Waals surface area contributed by atoms with Crippen molar-refractivity contribution in [2.24, 2.45) is 0 Å². The van der Waals surface area contributed by atoms with Crippen LogP contribution in [-0.4, -0.2) is 17.1 Å². The summed E-state index contributed by atoms with van der Waals surface area (Å²) < 4.78 is 6.17. The number of halogens is 1. The number of nitrogens with one attached hydrogen (secondary N) is 1. The zero-order chi connectivity index (χ0) is 23.4. The molecule has 0 radical (unpaired) electrons. The van der Waals surface area contributed by atoms with Gasteiger partial charge in [0.15, 0.2) is 0 Å². The lowest BCUT2D eigenvalue weighted by molar-refractivity contribution is -0.117. The van der Waals surface area contributed by atoms with Crippen molar-refractivity contribution >= 4 is 45.2 Å². The fourth-order valence-corrected chi connectivity index (χ4v) is 5.22. The van der Waals surface area contributed by atoms with E-state index in [0.29, 0.717) is 22.9 Å². The van der Waals surface area contributed by atoms with E-state index in [4.69, 9.17) is 4.42 Å². The van der Waals surface area contributed by atoms with Crippen molar-refractivity contribution in [2.75, 3.05) is 4.90 Å². The van der Waals surface area contributed by atoms with Crippen LogP contribution in [0.4, 0.5) is 5.69 Å². The summed E-state index contributed by atoms with van der Waals surface area (Å²) in [6.07, 6.45) is 1.99. The molecule has 33 heavy (non-hydrogen) atoms. The number of thioether (sulfide) groups is 1. The lowest BCUT2D eigenvalue weighted by Gasteiger charge is -2.19. The Bertz CT molecular complexity index is 1250. The van der Waals surface area contributed by atoms with Gasteiger partial charge in [0.1, 0.15) is 22.4 Å². The topological polar surface area (TPSA) is 86.3 Å². The smallest absolute Gasteiger partial charge is 0.265 e. The maximum absolute atomic E-state index is 13.5. The number of furan rings is 1. The van der Waals surface area contributed by atoms with Crippen LogP contribution in [0.1, 0.15) is 16.9 Å². The summed E-state index contributed by atoms with van der Waals surface area (Å²) >= 11 is 4.71. The van der Waals surface area contributed by atoms with Crippen LogP contribution >= 0.6 is 27.7 Å². The molecule has 2 aromatic carbocycles. The van der Waals surface area contributed by atoms with Crippen LogP contribution in [0, 0.1) is 18.3 Å². The molecule has 8 heteroatoms. The van der Waals surface area contributed by atoms with E-state index in [2.05, 4.69) is 21.2 Å². The molecular formula is C25H20BrN3O3S. The number of amides is 2.